The van der Waals surface area contributed by atoms with Gasteiger partial charge in [-0.25, -0.2) is 13.2 Å². The molecule has 1 aromatic rings. The highest BCUT2D eigenvalue weighted by Crippen LogP contribution is 2.29. The Hall–Kier alpha value is -0.990. The lowest BCUT2D eigenvalue weighted by Gasteiger charge is -2.35. The van der Waals surface area contributed by atoms with E-state index in [1.54, 1.807) is 11.8 Å². The molecule has 0 amide bonds. The Balaban J connectivity index is 2.33. The molecule has 1 aromatic heterocycles. The molecule has 0 aromatic carbocycles. The summed E-state index contributed by atoms with van der Waals surface area (Å²) in [5.74, 6) is -0.931. The lowest BCUT2D eigenvalue weighted by molar-refractivity contribution is 0.0656. The summed E-state index contributed by atoms with van der Waals surface area (Å²) in [6, 6.07) is 2.20. The van der Waals surface area contributed by atoms with Crippen LogP contribution in [0.1, 0.15) is 24.4 Å². The Morgan fingerprint density at radius 1 is 1.47 bits per heavy atom. The quantitative estimate of drug-likeness (QED) is 0.910. The number of rotatable bonds is 3. The highest BCUT2D eigenvalue weighted by atomic mass is 32.2. The average Bonchev–Trinajstić information content (AvgIpc) is 2.82. The van der Waals surface area contributed by atoms with Crippen molar-refractivity contribution < 1.29 is 22.7 Å². The van der Waals surface area contributed by atoms with Crippen LogP contribution in [0.2, 0.25) is 0 Å². The maximum absolute atomic E-state index is 12.4. The van der Waals surface area contributed by atoms with Gasteiger partial charge < -0.3 is 9.52 Å². The SMILES string of the molecule is CC1SCCN(S(=O)(=O)c2ccc(C(=O)O)o2)C1C. The molecule has 1 N–H and O–H groups in total. The molecule has 2 heterocycles. The third-order valence-corrected chi connectivity index (χ3v) is 6.38. The minimum absolute atomic E-state index is 0.151. The average molecular weight is 305 g/mol. The first kappa shape index (κ1) is 14.4. The number of nitrogens with zero attached hydrogens (tertiary/aromatic N) is 1. The number of carboxylic acid groups (broad SMARTS) is 1. The molecule has 6 nitrogen and oxygen atoms in total. The molecule has 2 rings (SSSR count). The van der Waals surface area contributed by atoms with Gasteiger partial charge in [0, 0.05) is 23.6 Å². The molecular weight excluding hydrogens is 290 g/mol. The summed E-state index contributed by atoms with van der Waals surface area (Å²) in [5.41, 5.74) is 0. The Morgan fingerprint density at radius 2 is 2.16 bits per heavy atom. The van der Waals surface area contributed by atoms with E-state index in [0.29, 0.717) is 6.54 Å². The Kier molecular flexibility index (Phi) is 3.93. The molecule has 1 aliphatic heterocycles. The van der Waals surface area contributed by atoms with Gasteiger partial charge in [-0.05, 0) is 19.1 Å². The number of aromatic carboxylic acids is 1. The smallest absolute Gasteiger partial charge is 0.371 e. The van der Waals surface area contributed by atoms with Crippen LogP contribution in [0, 0.1) is 0 Å². The van der Waals surface area contributed by atoms with Crippen molar-refractivity contribution in [1.29, 1.82) is 0 Å². The van der Waals surface area contributed by atoms with E-state index in [-0.39, 0.29) is 22.1 Å². The Labute approximate surface area is 115 Å². The topological polar surface area (TPSA) is 87.8 Å². The minimum Gasteiger partial charge on any atom is -0.475 e. The summed E-state index contributed by atoms with van der Waals surface area (Å²) in [7, 11) is -3.77. The summed E-state index contributed by atoms with van der Waals surface area (Å²) in [6.07, 6.45) is 0. The zero-order chi connectivity index (χ0) is 14.2. The number of hydrogen-bond donors (Lipinski definition) is 1. The van der Waals surface area contributed by atoms with Gasteiger partial charge in [-0.15, -0.1) is 0 Å². The maximum atomic E-state index is 12.4. The fraction of sp³-hybridized carbons (Fsp3) is 0.545. The largest absolute Gasteiger partial charge is 0.475 e. The van der Waals surface area contributed by atoms with Gasteiger partial charge in [0.2, 0.25) is 10.9 Å². The van der Waals surface area contributed by atoms with Gasteiger partial charge in [0.1, 0.15) is 0 Å². The van der Waals surface area contributed by atoms with Gasteiger partial charge >= 0.3 is 5.97 Å². The highest BCUT2D eigenvalue weighted by molar-refractivity contribution is 8.00. The van der Waals surface area contributed by atoms with Gasteiger partial charge in [-0.2, -0.15) is 16.1 Å². The van der Waals surface area contributed by atoms with Crippen LogP contribution in [0.4, 0.5) is 0 Å². The number of carbonyl (C=O) groups is 1. The summed E-state index contributed by atoms with van der Waals surface area (Å²) < 4.78 is 31.1. The lowest BCUT2D eigenvalue weighted by Crippen LogP contribution is -2.47. The molecule has 1 fully saturated rings. The van der Waals surface area contributed by atoms with Crippen molar-refractivity contribution in [3.05, 3.63) is 17.9 Å². The molecule has 2 unspecified atom stereocenters. The van der Waals surface area contributed by atoms with E-state index in [4.69, 9.17) is 9.52 Å². The second-order valence-corrected chi connectivity index (χ2v) is 7.66. The number of sulfonamides is 1. The first-order valence-electron chi connectivity index (χ1n) is 5.80. The molecule has 0 radical (unpaired) electrons. The van der Waals surface area contributed by atoms with Crippen LogP contribution in [-0.2, 0) is 10.0 Å². The van der Waals surface area contributed by atoms with Gasteiger partial charge in [-0.3, -0.25) is 0 Å². The van der Waals surface area contributed by atoms with Gasteiger partial charge in [0.05, 0.1) is 0 Å². The van der Waals surface area contributed by atoms with Crippen molar-refractivity contribution in [3.63, 3.8) is 0 Å². The second-order valence-electron chi connectivity index (χ2n) is 4.36. The molecule has 0 bridgehead atoms. The second kappa shape index (κ2) is 5.18. The maximum Gasteiger partial charge on any atom is 0.371 e. The van der Waals surface area contributed by atoms with Crippen LogP contribution in [0.15, 0.2) is 21.6 Å². The standard InChI is InChI=1S/C11H15NO5S2/c1-7-8(2)18-6-5-12(7)19(15,16)10-4-3-9(17-10)11(13)14/h3-4,7-8H,5-6H2,1-2H3,(H,13,14). The Bertz CT molecular complexity index is 580. The highest BCUT2D eigenvalue weighted by Gasteiger charge is 2.37. The van der Waals surface area contributed by atoms with Crippen molar-refractivity contribution in [2.45, 2.75) is 30.2 Å². The molecule has 0 spiro atoms. The van der Waals surface area contributed by atoms with Crippen LogP contribution < -0.4 is 0 Å². The van der Waals surface area contributed by atoms with E-state index in [9.17, 15) is 13.2 Å². The van der Waals surface area contributed by atoms with Crippen molar-refractivity contribution in [2.75, 3.05) is 12.3 Å². The van der Waals surface area contributed by atoms with Crippen molar-refractivity contribution in [3.8, 4) is 0 Å². The summed E-state index contributed by atoms with van der Waals surface area (Å²) in [5, 5.41) is 8.65. The zero-order valence-corrected chi connectivity index (χ0v) is 12.2. The zero-order valence-electron chi connectivity index (χ0n) is 10.6. The fourth-order valence-electron chi connectivity index (χ4n) is 1.93. The third kappa shape index (κ3) is 2.65. The van der Waals surface area contributed by atoms with Crippen molar-refractivity contribution in [2.24, 2.45) is 0 Å². The van der Waals surface area contributed by atoms with Gasteiger partial charge in [0.25, 0.3) is 10.0 Å². The number of hydrogen-bond acceptors (Lipinski definition) is 5. The number of furan rings is 1. The van der Waals surface area contributed by atoms with E-state index in [2.05, 4.69) is 0 Å². The molecule has 106 valence electrons. The molecule has 1 saturated heterocycles. The molecule has 2 atom stereocenters. The van der Waals surface area contributed by atoms with Gasteiger partial charge in [-0.1, -0.05) is 6.92 Å². The number of thioether (sulfide) groups is 1. The van der Waals surface area contributed by atoms with Crippen LogP contribution in [0.25, 0.3) is 0 Å². The molecular formula is C11H15NO5S2. The first-order chi connectivity index (χ1) is 8.84. The summed E-state index contributed by atoms with van der Waals surface area (Å²) in [4.78, 5) is 10.7. The Morgan fingerprint density at radius 3 is 2.74 bits per heavy atom. The normalized spacial score (nSPS) is 25.4. The van der Waals surface area contributed by atoms with Crippen LogP contribution in [-0.4, -0.2) is 47.4 Å². The molecule has 0 aliphatic carbocycles. The monoisotopic (exact) mass is 305 g/mol. The van der Waals surface area contributed by atoms with E-state index in [1.807, 2.05) is 13.8 Å². The molecule has 0 saturated carbocycles. The van der Waals surface area contributed by atoms with E-state index in [0.717, 1.165) is 11.8 Å². The van der Waals surface area contributed by atoms with E-state index in [1.165, 1.54) is 10.4 Å². The summed E-state index contributed by atoms with van der Waals surface area (Å²) in [6.45, 7) is 4.22. The minimum atomic E-state index is -3.77. The fourth-order valence-corrected chi connectivity index (χ4v) is 4.84. The van der Waals surface area contributed by atoms with Gasteiger partial charge in [0.15, 0.2) is 0 Å². The van der Waals surface area contributed by atoms with E-state index < -0.39 is 16.0 Å². The molecule has 1 aliphatic rings. The first-order valence-corrected chi connectivity index (χ1v) is 8.29. The predicted octanol–water partition coefficient (Wildman–Crippen LogP) is 1.49. The summed E-state index contributed by atoms with van der Waals surface area (Å²) >= 11 is 1.72. The van der Waals surface area contributed by atoms with E-state index >= 15 is 0 Å². The lowest BCUT2D eigenvalue weighted by atomic mass is 10.2. The molecule has 19 heavy (non-hydrogen) atoms. The third-order valence-electron chi connectivity index (χ3n) is 3.18. The van der Waals surface area contributed by atoms with Crippen LogP contribution >= 0.6 is 11.8 Å². The van der Waals surface area contributed by atoms with Crippen LogP contribution in [0.5, 0.6) is 0 Å². The molecule has 8 heteroatoms. The van der Waals surface area contributed by atoms with Crippen LogP contribution in [0.3, 0.4) is 0 Å². The number of carboxylic acids is 1. The predicted molar refractivity (Wildman–Crippen MR) is 70.9 cm³/mol. The van der Waals surface area contributed by atoms with Crippen molar-refractivity contribution in [1.82, 2.24) is 4.31 Å². The van der Waals surface area contributed by atoms with Crippen molar-refractivity contribution >= 4 is 27.8 Å².